The maximum absolute atomic E-state index is 14.2. The molecule has 1 atom stereocenters. The summed E-state index contributed by atoms with van der Waals surface area (Å²) in [5, 5.41) is 13.7. The first-order valence-corrected chi connectivity index (χ1v) is 12.3. The summed E-state index contributed by atoms with van der Waals surface area (Å²) in [7, 11) is 1.50. The lowest BCUT2D eigenvalue weighted by molar-refractivity contribution is -0.143. The minimum absolute atomic E-state index is 0.0106. The Hall–Kier alpha value is -4.43. The molecule has 4 aromatic rings. The maximum atomic E-state index is 14.2. The smallest absolute Gasteiger partial charge is 0.433 e. The molecule has 11 heteroatoms. The third kappa shape index (κ3) is 4.91. The molecular weight excluding hydrogens is 509 g/mol. The molecule has 0 unspecified atom stereocenters. The highest BCUT2D eigenvalue weighted by atomic mass is 19.4. The normalized spacial score (nSPS) is 15.2. The average molecular weight is 535 g/mol. The van der Waals surface area contributed by atoms with E-state index >= 15 is 0 Å². The first-order valence-electron chi connectivity index (χ1n) is 12.3. The van der Waals surface area contributed by atoms with Crippen molar-refractivity contribution in [3.63, 3.8) is 0 Å². The lowest BCUT2D eigenvalue weighted by atomic mass is 10.0. The van der Waals surface area contributed by atoms with E-state index < -0.39 is 23.8 Å². The van der Waals surface area contributed by atoms with Gasteiger partial charge in [0.25, 0.3) is 5.91 Å². The second-order valence-electron chi connectivity index (χ2n) is 9.22. The van der Waals surface area contributed by atoms with Gasteiger partial charge in [0.1, 0.15) is 17.4 Å². The summed E-state index contributed by atoms with van der Waals surface area (Å²) in [6.07, 6.45) is -3.58. The molecule has 0 bridgehead atoms. The number of nitriles is 1. The number of aromatic nitrogens is 3. The van der Waals surface area contributed by atoms with E-state index in [-0.39, 0.29) is 22.5 Å². The van der Waals surface area contributed by atoms with Crippen molar-refractivity contribution in [3.05, 3.63) is 83.2 Å². The number of hydrogen-bond donors (Lipinski definition) is 0. The zero-order valence-electron chi connectivity index (χ0n) is 21.3. The van der Waals surface area contributed by atoms with Crippen LogP contribution in [0.25, 0.3) is 16.9 Å². The fourth-order valence-electron chi connectivity index (χ4n) is 4.94. The summed E-state index contributed by atoms with van der Waals surface area (Å²) in [6.45, 7) is 2.84. The third-order valence-electron chi connectivity index (χ3n) is 6.95. The number of fused-ring (bicyclic) bond motifs is 1. The molecule has 1 aliphatic rings. The molecule has 2 aromatic heterocycles. The van der Waals surface area contributed by atoms with Crippen LogP contribution in [0, 0.1) is 18.3 Å². The minimum Gasteiger partial charge on any atom is -0.497 e. The fourth-order valence-corrected chi connectivity index (χ4v) is 4.94. The van der Waals surface area contributed by atoms with E-state index in [2.05, 4.69) is 16.2 Å². The van der Waals surface area contributed by atoms with Crippen LogP contribution in [0.4, 0.5) is 13.2 Å². The summed E-state index contributed by atoms with van der Waals surface area (Å²) in [5.74, 6) is 0.0989. The molecule has 1 fully saturated rings. The van der Waals surface area contributed by atoms with E-state index in [9.17, 15) is 23.2 Å². The van der Waals surface area contributed by atoms with Crippen LogP contribution in [0.15, 0.2) is 60.8 Å². The molecule has 0 radical (unpaired) electrons. The van der Waals surface area contributed by atoms with Crippen LogP contribution in [-0.2, 0) is 6.18 Å². The van der Waals surface area contributed by atoms with Gasteiger partial charge in [-0.2, -0.15) is 23.5 Å². The second kappa shape index (κ2) is 10.4. The monoisotopic (exact) mass is 534 g/mol. The number of halogens is 3. The third-order valence-corrected chi connectivity index (χ3v) is 6.95. The van der Waals surface area contributed by atoms with Crippen LogP contribution < -0.4 is 4.74 Å². The number of alkyl halides is 3. The van der Waals surface area contributed by atoms with E-state index in [1.165, 1.54) is 14.0 Å². The van der Waals surface area contributed by atoms with Gasteiger partial charge in [-0.05, 0) is 36.8 Å². The molecule has 2 aromatic carbocycles. The molecule has 0 saturated carbocycles. The molecule has 0 N–H and O–H groups in total. The number of hydrogen-bond acceptors (Lipinski definition) is 6. The van der Waals surface area contributed by atoms with Gasteiger partial charge in [-0.1, -0.05) is 30.3 Å². The van der Waals surface area contributed by atoms with E-state index in [4.69, 9.17) is 4.74 Å². The first-order chi connectivity index (χ1) is 18.7. The van der Waals surface area contributed by atoms with Gasteiger partial charge in [0.2, 0.25) is 0 Å². The molecule has 1 saturated heterocycles. The van der Waals surface area contributed by atoms with Crippen molar-refractivity contribution in [2.24, 2.45) is 0 Å². The Balaban J connectivity index is 1.47. The quantitative estimate of drug-likeness (QED) is 0.367. The molecule has 200 valence electrons. The molecule has 0 aliphatic carbocycles. The summed E-state index contributed by atoms with van der Waals surface area (Å²) in [6, 6.07) is 17.8. The number of benzene rings is 2. The Morgan fingerprint density at radius 2 is 1.72 bits per heavy atom. The van der Waals surface area contributed by atoms with Gasteiger partial charge in [-0.15, -0.1) is 0 Å². The number of methoxy groups -OCH3 is 1. The number of ether oxygens (including phenoxy) is 1. The van der Waals surface area contributed by atoms with Crippen LogP contribution in [0.2, 0.25) is 0 Å². The van der Waals surface area contributed by atoms with Crippen molar-refractivity contribution in [1.82, 2.24) is 24.4 Å². The molecule has 8 nitrogen and oxygen atoms in total. The van der Waals surface area contributed by atoms with Crippen LogP contribution in [0.3, 0.4) is 0 Å². The van der Waals surface area contributed by atoms with E-state index in [1.807, 2.05) is 35.2 Å². The van der Waals surface area contributed by atoms with Crippen molar-refractivity contribution in [1.29, 1.82) is 5.26 Å². The topological polar surface area (TPSA) is 86.8 Å². The zero-order valence-corrected chi connectivity index (χ0v) is 21.3. The van der Waals surface area contributed by atoms with Gasteiger partial charge in [0.05, 0.1) is 25.1 Å². The zero-order chi connectivity index (χ0) is 27.7. The number of carbonyl (C=O) groups excluding carboxylic acids is 1. The summed E-state index contributed by atoms with van der Waals surface area (Å²) in [4.78, 5) is 21.6. The SMILES string of the molecule is COc1ccc(-c2nc3c(C(=O)N4CCN([C@H](C#N)c5ccccc5)CC4)cnn3c(C(F)(F)F)c2C)cc1. The molecule has 39 heavy (non-hydrogen) atoms. The second-order valence-corrected chi connectivity index (χ2v) is 9.22. The number of piperazine rings is 1. The summed E-state index contributed by atoms with van der Waals surface area (Å²) in [5.41, 5.74) is 0.178. The number of carbonyl (C=O) groups is 1. The molecule has 3 heterocycles. The summed E-state index contributed by atoms with van der Waals surface area (Å²) >= 11 is 0. The highest BCUT2D eigenvalue weighted by Crippen LogP contribution is 2.37. The highest BCUT2D eigenvalue weighted by molar-refractivity contribution is 6.00. The van der Waals surface area contributed by atoms with Crippen LogP contribution >= 0.6 is 0 Å². The lowest BCUT2D eigenvalue weighted by Crippen LogP contribution is -2.49. The predicted octanol–water partition coefficient (Wildman–Crippen LogP) is 4.75. The Labute approximate surface area is 222 Å². The standard InChI is InChI=1S/C28H25F3N6O2/c1-18-24(20-8-10-21(39-2)11-9-20)34-26-22(17-33-37(26)25(18)28(29,30)31)27(38)36-14-12-35(13-15-36)23(16-32)19-6-4-3-5-7-19/h3-11,17,23H,12-15H2,1-2H3/t23-/m1/s1. The average Bonchev–Trinajstić information content (AvgIpc) is 3.36. The highest BCUT2D eigenvalue weighted by Gasteiger charge is 2.39. The Bertz CT molecular complexity index is 1540. The fraction of sp³-hybridized carbons (Fsp3) is 0.286. The number of amides is 1. The molecule has 5 rings (SSSR count). The van der Waals surface area contributed by atoms with Gasteiger partial charge >= 0.3 is 6.18 Å². The van der Waals surface area contributed by atoms with Crippen molar-refractivity contribution in [2.45, 2.75) is 19.1 Å². The van der Waals surface area contributed by atoms with Gasteiger partial charge in [-0.25, -0.2) is 9.50 Å². The van der Waals surface area contributed by atoms with Crippen molar-refractivity contribution in [3.8, 4) is 23.1 Å². The molecule has 1 aliphatic heterocycles. The predicted molar refractivity (Wildman–Crippen MR) is 137 cm³/mol. The van der Waals surface area contributed by atoms with Crippen LogP contribution in [0.5, 0.6) is 5.75 Å². The van der Waals surface area contributed by atoms with Crippen molar-refractivity contribution in [2.75, 3.05) is 33.3 Å². The van der Waals surface area contributed by atoms with Crippen molar-refractivity contribution >= 4 is 11.6 Å². The van der Waals surface area contributed by atoms with Crippen LogP contribution in [-0.4, -0.2) is 63.6 Å². The lowest BCUT2D eigenvalue weighted by Gasteiger charge is -2.36. The van der Waals surface area contributed by atoms with Gasteiger partial charge < -0.3 is 9.64 Å². The Kier molecular flexibility index (Phi) is 6.97. The van der Waals surface area contributed by atoms with Gasteiger partial charge in [0, 0.05) is 37.3 Å². The molecule has 0 spiro atoms. The minimum atomic E-state index is -4.73. The van der Waals surface area contributed by atoms with Gasteiger partial charge in [0.15, 0.2) is 11.3 Å². The molecular formula is C28H25F3N6O2. The number of rotatable bonds is 5. The van der Waals surface area contributed by atoms with E-state index in [0.29, 0.717) is 42.0 Å². The maximum Gasteiger partial charge on any atom is 0.433 e. The van der Waals surface area contributed by atoms with Gasteiger partial charge in [-0.3, -0.25) is 9.69 Å². The van der Waals surface area contributed by atoms with E-state index in [1.54, 1.807) is 29.2 Å². The number of nitrogens with zero attached hydrogens (tertiary/aromatic N) is 6. The van der Waals surface area contributed by atoms with E-state index in [0.717, 1.165) is 11.8 Å². The largest absolute Gasteiger partial charge is 0.497 e. The Morgan fingerprint density at radius 1 is 1.05 bits per heavy atom. The van der Waals surface area contributed by atoms with Crippen molar-refractivity contribution < 1.29 is 22.7 Å². The Morgan fingerprint density at radius 3 is 2.31 bits per heavy atom. The molecule has 1 amide bonds. The summed E-state index contributed by atoms with van der Waals surface area (Å²) < 4.78 is 48.5. The first kappa shape index (κ1) is 26.2. The van der Waals surface area contributed by atoms with Crippen LogP contribution in [0.1, 0.15) is 33.2 Å².